The molecular formula is C12H15BrN4O2. The fourth-order valence-corrected chi connectivity index (χ4v) is 2.08. The highest BCUT2D eigenvalue weighted by atomic mass is 79.9. The molecule has 0 aliphatic rings. The van der Waals surface area contributed by atoms with Crippen LogP contribution in [0.2, 0.25) is 0 Å². The molecule has 0 aliphatic carbocycles. The summed E-state index contributed by atoms with van der Waals surface area (Å²) < 4.78 is 7.75. The quantitative estimate of drug-likeness (QED) is 0.844. The van der Waals surface area contributed by atoms with Gasteiger partial charge in [0.15, 0.2) is 0 Å². The van der Waals surface area contributed by atoms with Gasteiger partial charge < -0.3 is 15.2 Å². The lowest BCUT2D eigenvalue weighted by molar-refractivity contribution is 0.268. The summed E-state index contributed by atoms with van der Waals surface area (Å²) in [6.45, 7) is 1.07. The van der Waals surface area contributed by atoms with Crippen LogP contribution in [0.25, 0.3) is 0 Å². The van der Waals surface area contributed by atoms with Gasteiger partial charge in [0.25, 0.3) is 0 Å². The van der Waals surface area contributed by atoms with Gasteiger partial charge in [-0.2, -0.15) is 0 Å². The first-order valence-electron chi connectivity index (χ1n) is 5.79. The lowest BCUT2D eigenvalue weighted by atomic mass is 10.3. The van der Waals surface area contributed by atoms with Gasteiger partial charge in [0.05, 0.1) is 33.0 Å². The largest absolute Gasteiger partial charge is 0.497 e. The number of ether oxygens (including phenoxy) is 1. The van der Waals surface area contributed by atoms with Crippen molar-refractivity contribution in [2.24, 2.45) is 0 Å². The molecule has 0 saturated carbocycles. The summed E-state index contributed by atoms with van der Waals surface area (Å²) in [4.78, 5) is 0. The van der Waals surface area contributed by atoms with Gasteiger partial charge in [0.1, 0.15) is 11.4 Å². The normalized spacial score (nSPS) is 10.5. The Balaban J connectivity index is 1.99. The van der Waals surface area contributed by atoms with E-state index in [1.165, 1.54) is 0 Å². The standard InChI is InChI=1S/C12H15BrN4O2/c1-19-12-5-9(13)4-10(6-12)14-7-11-8-17(2-3-18)16-15-11/h4-6,8,14,18H,2-3,7H2,1H3. The fraction of sp³-hybridized carbons (Fsp3) is 0.333. The minimum atomic E-state index is 0.0546. The molecule has 102 valence electrons. The van der Waals surface area contributed by atoms with Gasteiger partial charge in [0, 0.05) is 16.2 Å². The molecule has 2 N–H and O–H groups in total. The van der Waals surface area contributed by atoms with Gasteiger partial charge in [-0.1, -0.05) is 21.1 Å². The molecule has 0 amide bonds. The molecule has 19 heavy (non-hydrogen) atoms. The van der Waals surface area contributed by atoms with Crippen LogP contribution in [0.3, 0.4) is 0 Å². The maximum Gasteiger partial charge on any atom is 0.122 e. The van der Waals surface area contributed by atoms with E-state index in [0.29, 0.717) is 13.1 Å². The SMILES string of the molecule is COc1cc(Br)cc(NCc2cn(CCO)nn2)c1. The smallest absolute Gasteiger partial charge is 0.122 e. The van der Waals surface area contributed by atoms with Gasteiger partial charge >= 0.3 is 0 Å². The van der Waals surface area contributed by atoms with Gasteiger partial charge in [0.2, 0.25) is 0 Å². The highest BCUT2D eigenvalue weighted by molar-refractivity contribution is 9.10. The molecule has 0 saturated heterocycles. The van der Waals surface area contributed by atoms with E-state index in [4.69, 9.17) is 9.84 Å². The topological polar surface area (TPSA) is 72.2 Å². The summed E-state index contributed by atoms with van der Waals surface area (Å²) >= 11 is 3.42. The number of hydrogen-bond donors (Lipinski definition) is 2. The Morgan fingerprint density at radius 2 is 2.26 bits per heavy atom. The molecule has 0 unspecified atom stereocenters. The van der Waals surface area contributed by atoms with E-state index < -0.39 is 0 Å². The van der Waals surface area contributed by atoms with Crippen LogP contribution in [-0.4, -0.2) is 33.8 Å². The summed E-state index contributed by atoms with van der Waals surface area (Å²) in [5, 5.41) is 20.0. The molecular weight excluding hydrogens is 312 g/mol. The summed E-state index contributed by atoms with van der Waals surface area (Å²) in [6, 6.07) is 5.76. The number of nitrogens with zero attached hydrogens (tertiary/aromatic N) is 3. The monoisotopic (exact) mass is 326 g/mol. The van der Waals surface area contributed by atoms with Crippen molar-refractivity contribution in [3.63, 3.8) is 0 Å². The number of methoxy groups -OCH3 is 1. The van der Waals surface area contributed by atoms with Crippen molar-refractivity contribution in [3.8, 4) is 5.75 Å². The average Bonchev–Trinajstić information content (AvgIpc) is 2.84. The highest BCUT2D eigenvalue weighted by Crippen LogP contribution is 2.24. The van der Waals surface area contributed by atoms with Gasteiger partial charge in [-0.25, -0.2) is 4.68 Å². The van der Waals surface area contributed by atoms with Crippen molar-refractivity contribution in [2.45, 2.75) is 13.1 Å². The second kappa shape index (κ2) is 6.53. The van der Waals surface area contributed by atoms with E-state index >= 15 is 0 Å². The van der Waals surface area contributed by atoms with E-state index in [2.05, 4.69) is 31.6 Å². The number of aromatic nitrogens is 3. The number of benzene rings is 1. The third-order valence-electron chi connectivity index (χ3n) is 2.50. The molecule has 0 aliphatic heterocycles. The van der Waals surface area contributed by atoms with Crippen LogP contribution in [0.15, 0.2) is 28.9 Å². The molecule has 0 spiro atoms. The predicted molar refractivity (Wildman–Crippen MR) is 75.1 cm³/mol. The van der Waals surface area contributed by atoms with Crippen molar-refractivity contribution < 1.29 is 9.84 Å². The van der Waals surface area contributed by atoms with E-state index in [1.807, 2.05) is 18.2 Å². The molecule has 7 heteroatoms. The molecule has 2 aromatic rings. The maximum absolute atomic E-state index is 8.80. The van der Waals surface area contributed by atoms with Crippen LogP contribution in [0.4, 0.5) is 5.69 Å². The molecule has 1 aromatic carbocycles. The van der Waals surface area contributed by atoms with Crippen LogP contribution in [-0.2, 0) is 13.1 Å². The molecule has 1 aromatic heterocycles. The Bertz CT molecular complexity index is 544. The lowest BCUT2D eigenvalue weighted by Gasteiger charge is -2.07. The van der Waals surface area contributed by atoms with Gasteiger partial charge in [-0.15, -0.1) is 5.10 Å². The summed E-state index contributed by atoms with van der Waals surface area (Å²) in [7, 11) is 1.63. The second-order valence-corrected chi connectivity index (χ2v) is 4.85. The number of hydrogen-bond acceptors (Lipinski definition) is 5. The number of nitrogens with one attached hydrogen (secondary N) is 1. The molecule has 6 nitrogen and oxygen atoms in total. The second-order valence-electron chi connectivity index (χ2n) is 3.93. The van der Waals surface area contributed by atoms with Gasteiger partial charge in [-0.3, -0.25) is 0 Å². The first kappa shape index (κ1) is 13.8. The molecule has 1 heterocycles. The van der Waals surface area contributed by atoms with Crippen molar-refractivity contribution in [1.29, 1.82) is 0 Å². The van der Waals surface area contributed by atoms with Crippen molar-refractivity contribution in [3.05, 3.63) is 34.6 Å². The third-order valence-corrected chi connectivity index (χ3v) is 2.95. The highest BCUT2D eigenvalue weighted by Gasteiger charge is 2.02. The summed E-state index contributed by atoms with van der Waals surface area (Å²) in [5.41, 5.74) is 1.75. The zero-order valence-electron chi connectivity index (χ0n) is 10.5. The molecule has 0 atom stereocenters. The molecule has 0 radical (unpaired) electrons. The maximum atomic E-state index is 8.80. The Labute approximate surface area is 119 Å². The minimum Gasteiger partial charge on any atom is -0.497 e. The Hall–Kier alpha value is -1.60. The number of aliphatic hydroxyl groups excluding tert-OH is 1. The summed E-state index contributed by atoms with van der Waals surface area (Å²) in [6.07, 6.45) is 1.80. The van der Waals surface area contributed by atoms with E-state index in [1.54, 1.807) is 18.0 Å². The first-order chi connectivity index (χ1) is 9.21. The van der Waals surface area contributed by atoms with Crippen LogP contribution < -0.4 is 10.1 Å². The predicted octanol–water partition coefficient (Wildman–Crippen LogP) is 1.65. The van der Waals surface area contributed by atoms with Crippen LogP contribution in [0.5, 0.6) is 5.75 Å². The number of anilines is 1. The third kappa shape index (κ3) is 3.93. The minimum absolute atomic E-state index is 0.0546. The summed E-state index contributed by atoms with van der Waals surface area (Å²) in [5.74, 6) is 0.779. The van der Waals surface area contributed by atoms with Gasteiger partial charge in [-0.05, 0) is 12.1 Å². The number of aliphatic hydroxyl groups is 1. The van der Waals surface area contributed by atoms with E-state index in [-0.39, 0.29) is 6.61 Å². The molecule has 2 rings (SSSR count). The Morgan fingerprint density at radius 1 is 1.42 bits per heavy atom. The first-order valence-corrected chi connectivity index (χ1v) is 6.59. The lowest BCUT2D eigenvalue weighted by Crippen LogP contribution is -2.02. The van der Waals surface area contributed by atoms with Crippen molar-refractivity contribution in [1.82, 2.24) is 15.0 Å². The Morgan fingerprint density at radius 3 is 3.00 bits per heavy atom. The van der Waals surface area contributed by atoms with E-state index in [0.717, 1.165) is 21.6 Å². The molecule has 0 bridgehead atoms. The van der Waals surface area contributed by atoms with Crippen molar-refractivity contribution >= 4 is 21.6 Å². The molecule has 0 fully saturated rings. The zero-order chi connectivity index (χ0) is 13.7. The van der Waals surface area contributed by atoms with Crippen molar-refractivity contribution in [2.75, 3.05) is 19.0 Å². The fourth-order valence-electron chi connectivity index (χ4n) is 1.61. The van der Waals surface area contributed by atoms with Crippen LogP contribution in [0, 0.1) is 0 Å². The van der Waals surface area contributed by atoms with Crippen LogP contribution >= 0.6 is 15.9 Å². The number of halogens is 1. The number of rotatable bonds is 6. The van der Waals surface area contributed by atoms with E-state index in [9.17, 15) is 0 Å². The Kier molecular flexibility index (Phi) is 4.75. The zero-order valence-corrected chi connectivity index (χ0v) is 12.1. The average molecular weight is 327 g/mol. The van der Waals surface area contributed by atoms with Crippen LogP contribution in [0.1, 0.15) is 5.69 Å².